The molecule has 112 valence electrons. The Morgan fingerprint density at radius 2 is 1.90 bits per heavy atom. The summed E-state index contributed by atoms with van der Waals surface area (Å²) in [5, 5.41) is 10.3. The van der Waals surface area contributed by atoms with Crippen LogP contribution in [0.3, 0.4) is 0 Å². The number of sulfone groups is 1. The van der Waals surface area contributed by atoms with Gasteiger partial charge < -0.3 is 5.11 Å². The summed E-state index contributed by atoms with van der Waals surface area (Å²) in [7, 11) is -3.00. The SMILES string of the molecule is Cc1ccc(C(O)C2CCCC(S(C)(=O)=O)C2)cc1C. The molecule has 1 fully saturated rings. The number of hydrogen-bond donors (Lipinski definition) is 1. The van der Waals surface area contributed by atoms with Gasteiger partial charge in [-0.15, -0.1) is 0 Å². The molecule has 1 saturated carbocycles. The average Bonchev–Trinajstić information content (AvgIpc) is 2.40. The molecule has 0 aromatic heterocycles. The van der Waals surface area contributed by atoms with Crippen molar-refractivity contribution in [2.75, 3.05) is 6.26 Å². The van der Waals surface area contributed by atoms with Gasteiger partial charge in [-0.25, -0.2) is 8.42 Å². The lowest BCUT2D eigenvalue weighted by Crippen LogP contribution is -2.30. The molecule has 3 unspecified atom stereocenters. The molecule has 0 amide bonds. The number of rotatable bonds is 3. The van der Waals surface area contributed by atoms with Gasteiger partial charge in [-0.05, 0) is 55.7 Å². The summed E-state index contributed by atoms with van der Waals surface area (Å²) < 4.78 is 23.4. The Hall–Kier alpha value is -0.870. The molecule has 0 bridgehead atoms. The van der Waals surface area contributed by atoms with Gasteiger partial charge >= 0.3 is 0 Å². The highest BCUT2D eigenvalue weighted by Gasteiger charge is 2.32. The monoisotopic (exact) mass is 296 g/mol. The largest absolute Gasteiger partial charge is 0.388 e. The van der Waals surface area contributed by atoms with E-state index in [0.29, 0.717) is 6.42 Å². The third-order valence-electron chi connectivity index (χ3n) is 4.59. The van der Waals surface area contributed by atoms with Crippen LogP contribution in [0.25, 0.3) is 0 Å². The van der Waals surface area contributed by atoms with Gasteiger partial charge in [-0.2, -0.15) is 0 Å². The molecule has 0 heterocycles. The van der Waals surface area contributed by atoms with Gasteiger partial charge in [-0.3, -0.25) is 0 Å². The second-order valence-electron chi connectivity index (χ2n) is 6.17. The predicted molar refractivity (Wildman–Crippen MR) is 81.5 cm³/mol. The lowest BCUT2D eigenvalue weighted by Gasteiger charge is -2.31. The smallest absolute Gasteiger partial charge is 0.150 e. The van der Waals surface area contributed by atoms with Gasteiger partial charge in [0.1, 0.15) is 9.84 Å². The van der Waals surface area contributed by atoms with Crippen LogP contribution in [0.5, 0.6) is 0 Å². The molecule has 1 aromatic rings. The van der Waals surface area contributed by atoms with E-state index in [2.05, 4.69) is 0 Å². The molecule has 1 aromatic carbocycles. The third-order valence-corrected chi connectivity index (χ3v) is 6.23. The standard InChI is InChI=1S/C16H24O3S/c1-11-7-8-14(9-12(11)2)16(17)13-5-4-6-15(10-13)20(3,18)19/h7-9,13,15-17H,4-6,10H2,1-3H3. The van der Waals surface area contributed by atoms with Crippen LogP contribution >= 0.6 is 0 Å². The molecule has 0 aliphatic heterocycles. The molecule has 0 saturated heterocycles. The summed E-state index contributed by atoms with van der Waals surface area (Å²) in [6.45, 7) is 4.08. The number of aliphatic hydroxyl groups is 1. The minimum Gasteiger partial charge on any atom is -0.388 e. The van der Waals surface area contributed by atoms with Gasteiger partial charge in [-0.1, -0.05) is 24.6 Å². The number of benzene rings is 1. The van der Waals surface area contributed by atoms with Crippen LogP contribution in [0, 0.1) is 19.8 Å². The summed E-state index contributed by atoms with van der Waals surface area (Å²) in [5.41, 5.74) is 3.28. The summed E-state index contributed by atoms with van der Waals surface area (Å²) >= 11 is 0. The zero-order valence-corrected chi connectivity index (χ0v) is 13.3. The lowest BCUT2D eigenvalue weighted by atomic mass is 9.82. The fourth-order valence-electron chi connectivity index (χ4n) is 3.08. The fraction of sp³-hybridized carbons (Fsp3) is 0.625. The zero-order valence-electron chi connectivity index (χ0n) is 12.5. The molecule has 4 heteroatoms. The van der Waals surface area contributed by atoms with Gasteiger partial charge in [0.05, 0.1) is 11.4 Å². The van der Waals surface area contributed by atoms with E-state index in [9.17, 15) is 13.5 Å². The molecule has 1 N–H and O–H groups in total. The molecule has 1 aliphatic carbocycles. The Kier molecular flexibility index (Phi) is 4.55. The normalized spacial score (nSPS) is 25.4. The van der Waals surface area contributed by atoms with E-state index in [1.807, 2.05) is 32.0 Å². The van der Waals surface area contributed by atoms with E-state index in [1.54, 1.807) is 0 Å². The van der Waals surface area contributed by atoms with Crippen molar-refractivity contribution < 1.29 is 13.5 Å². The van der Waals surface area contributed by atoms with Crippen molar-refractivity contribution in [3.63, 3.8) is 0 Å². The molecule has 3 nitrogen and oxygen atoms in total. The first-order valence-corrected chi connectivity index (χ1v) is 9.18. The fourth-order valence-corrected chi connectivity index (χ4v) is 4.27. The Balaban J connectivity index is 2.16. The highest BCUT2D eigenvalue weighted by atomic mass is 32.2. The minimum absolute atomic E-state index is 0.0468. The van der Waals surface area contributed by atoms with E-state index >= 15 is 0 Å². The van der Waals surface area contributed by atoms with Crippen LogP contribution in [0.4, 0.5) is 0 Å². The molecule has 0 spiro atoms. The summed E-state index contributed by atoms with van der Waals surface area (Å²) in [5.74, 6) is 0.0468. The van der Waals surface area contributed by atoms with Crippen molar-refractivity contribution in [1.82, 2.24) is 0 Å². The van der Waals surface area contributed by atoms with Crippen LogP contribution in [0.1, 0.15) is 48.5 Å². The maximum atomic E-state index is 11.7. The van der Waals surface area contributed by atoms with Crippen molar-refractivity contribution in [2.24, 2.45) is 5.92 Å². The first-order chi connectivity index (χ1) is 9.29. The van der Waals surface area contributed by atoms with Crippen LogP contribution in [0.2, 0.25) is 0 Å². The maximum absolute atomic E-state index is 11.7. The molecule has 2 rings (SSSR count). The second kappa shape index (κ2) is 5.86. The van der Waals surface area contributed by atoms with Crippen molar-refractivity contribution in [3.8, 4) is 0 Å². The van der Waals surface area contributed by atoms with Gasteiger partial charge in [0.15, 0.2) is 0 Å². The third kappa shape index (κ3) is 3.41. The molecular weight excluding hydrogens is 272 g/mol. The highest BCUT2D eigenvalue weighted by Crippen LogP contribution is 2.37. The highest BCUT2D eigenvalue weighted by molar-refractivity contribution is 7.91. The Bertz CT molecular complexity index is 577. The second-order valence-corrected chi connectivity index (χ2v) is 8.49. The average molecular weight is 296 g/mol. The van der Waals surface area contributed by atoms with E-state index < -0.39 is 15.9 Å². The molecular formula is C16H24O3S. The lowest BCUT2D eigenvalue weighted by molar-refractivity contribution is 0.0856. The first kappa shape index (κ1) is 15.5. The van der Waals surface area contributed by atoms with Crippen molar-refractivity contribution in [1.29, 1.82) is 0 Å². The van der Waals surface area contributed by atoms with Crippen LogP contribution in [-0.2, 0) is 9.84 Å². The minimum atomic E-state index is -3.00. The van der Waals surface area contributed by atoms with Crippen molar-refractivity contribution in [3.05, 3.63) is 34.9 Å². The van der Waals surface area contributed by atoms with Crippen LogP contribution in [-0.4, -0.2) is 25.0 Å². The van der Waals surface area contributed by atoms with E-state index in [-0.39, 0.29) is 11.2 Å². The van der Waals surface area contributed by atoms with Gasteiger partial charge in [0, 0.05) is 6.26 Å². The summed E-state index contributed by atoms with van der Waals surface area (Å²) in [4.78, 5) is 0. The Labute approximate surface area is 121 Å². The van der Waals surface area contributed by atoms with E-state index in [4.69, 9.17) is 0 Å². The van der Waals surface area contributed by atoms with E-state index in [0.717, 1.165) is 30.4 Å². The molecule has 3 atom stereocenters. The van der Waals surface area contributed by atoms with Crippen LogP contribution in [0.15, 0.2) is 18.2 Å². The van der Waals surface area contributed by atoms with Gasteiger partial charge in [0.25, 0.3) is 0 Å². The summed E-state index contributed by atoms with van der Waals surface area (Å²) in [6.07, 6.45) is 3.84. The topological polar surface area (TPSA) is 54.4 Å². The Morgan fingerprint density at radius 1 is 1.20 bits per heavy atom. The quantitative estimate of drug-likeness (QED) is 0.933. The number of aliphatic hydroxyl groups excluding tert-OH is 1. The van der Waals surface area contributed by atoms with Crippen LogP contribution < -0.4 is 0 Å². The van der Waals surface area contributed by atoms with Crippen molar-refractivity contribution in [2.45, 2.75) is 50.9 Å². The van der Waals surface area contributed by atoms with E-state index in [1.165, 1.54) is 11.8 Å². The first-order valence-electron chi connectivity index (χ1n) is 7.23. The number of aryl methyl sites for hydroxylation is 2. The zero-order chi connectivity index (χ0) is 14.9. The van der Waals surface area contributed by atoms with Crippen molar-refractivity contribution >= 4 is 9.84 Å². The Morgan fingerprint density at radius 3 is 2.50 bits per heavy atom. The predicted octanol–water partition coefficient (Wildman–Crippen LogP) is 2.94. The molecule has 1 aliphatic rings. The number of hydrogen-bond acceptors (Lipinski definition) is 3. The molecule has 0 radical (unpaired) electrons. The molecule has 20 heavy (non-hydrogen) atoms. The maximum Gasteiger partial charge on any atom is 0.150 e. The van der Waals surface area contributed by atoms with Gasteiger partial charge in [0.2, 0.25) is 0 Å². The summed E-state index contributed by atoms with van der Waals surface area (Å²) in [6, 6.07) is 5.99.